The fourth-order valence-corrected chi connectivity index (χ4v) is 2.65. The van der Waals surface area contributed by atoms with Gasteiger partial charge in [-0.25, -0.2) is 0 Å². The van der Waals surface area contributed by atoms with E-state index >= 15 is 0 Å². The lowest BCUT2D eigenvalue weighted by atomic mass is 9.98. The third-order valence-electron chi connectivity index (χ3n) is 3.49. The van der Waals surface area contributed by atoms with Gasteiger partial charge in [-0.05, 0) is 24.1 Å². The van der Waals surface area contributed by atoms with Gasteiger partial charge in [0.05, 0.1) is 11.6 Å². The summed E-state index contributed by atoms with van der Waals surface area (Å²) in [5.41, 5.74) is 5.68. The van der Waals surface area contributed by atoms with Crippen molar-refractivity contribution in [1.29, 1.82) is 0 Å². The molecule has 1 heterocycles. The number of benzene rings is 1. The van der Waals surface area contributed by atoms with Crippen LogP contribution in [0.25, 0.3) is 0 Å². The zero-order chi connectivity index (χ0) is 14.9. The number of nitrogens with two attached hydrogens (primary N) is 1. The summed E-state index contributed by atoms with van der Waals surface area (Å²) in [5.74, 6) is -0.0956. The molecule has 0 radical (unpaired) electrons. The lowest BCUT2D eigenvalue weighted by Gasteiger charge is -2.27. The van der Waals surface area contributed by atoms with Crippen molar-refractivity contribution in [1.82, 2.24) is 4.90 Å². The molecule has 0 spiro atoms. The summed E-state index contributed by atoms with van der Waals surface area (Å²) in [5, 5.41) is 0. The molecule has 3 nitrogen and oxygen atoms in total. The Morgan fingerprint density at radius 3 is 2.70 bits per heavy atom. The van der Waals surface area contributed by atoms with Crippen LogP contribution in [0.2, 0.25) is 0 Å². The molecular formula is C14H17F3N2O. The van der Waals surface area contributed by atoms with E-state index in [0.29, 0.717) is 12.1 Å². The first-order chi connectivity index (χ1) is 9.34. The van der Waals surface area contributed by atoms with Crippen molar-refractivity contribution in [3.05, 3.63) is 35.4 Å². The van der Waals surface area contributed by atoms with Crippen LogP contribution in [0.4, 0.5) is 13.2 Å². The number of nitrogens with zero attached hydrogens (tertiary/aromatic N) is 1. The Morgan fingerprint density at radius 1 is 1.40 bits per heavy atom. The number of hydrogen-bond acceptors (Lipinski definition) is 2. The van der Waals surface area contributed by atoms with Gasteiger partial charge in [0.2, 0.25) is 5.91 Å². The smallest absolute Gasteiger partial charge is 0.334 e. The van der Waals surface area contributed by atoms with Crippen molar-refractivity contribution >= 4 is 5.91 Å². The Bertz CT molecular complexity index is 501. The maximum absolute atomic E-state index is 12.8. The van der Waals surface area contributed by atoms with Crippen molar-refractivity contribution in [3.63, 3.8) is 0 Å². The van der Waals surface area contributed by atoms with E-state index in [1.165, 1.54) is 6.07 Å². The topological polar surface area (TPSA) is 46.3 Å². The molecule has 20 heavy (non-hydrogen) atoms. The monoisotopic (exact) mass is 286 g/mol. The predicted molar refractivity (Wildman–Crippen MR) is 68.8 cm³/mol. The standard InChI is InChI=1S/C14H17F3N2O/c1-2-6-19-12(20)8-11(18)13(19)9-4-3-5-10(7-9)14(15,16)17/h3-5,7,11,13H,2,6,8,18H2,1H3. The number of rotatable bonds is 3. The molecule has 2 atom stereocenters. The van der Waals surface area contributed by atoms with Crippen LogP contribution < -0.4 is 5.73 Å². The highest BCUT2D eigenvalue weighted by atomic mass is 19.4. The Hall–Kier alpha value is -1.56. The number of likely N-dealkylation sites (tertiary alicyclic amines) is 1. The Kier molecular flexibility index (Phi) is 4.04. The van der Waals surface area contributed by atoms with Crippen LogP contribution in [-0.4, -0.2) is 23.4 Å². The van der Waals surface area contributed by atoms with Gasteiger partial charge in [-0.15, -0.1) is 0 Å². The minimum atomic E-state index is -4.39. The first kappa shape index (κ1) is 14.8. The number of halogens is 3. The number of carbonyl (C=O) groups is 1. The minimum Gasteiger partial charge on any atom is -0.334 e. The molecule has 1 saturated heterocycles. The number of alkyl halides is 3. The van der Waals surface area contributed by atoms with E-state index < -0.39 is 23.8 Å². The summed E-state index contributed by atoms with van der Waals surface area (Å²) in [6.45, 7) is 2.42. The maximum Gasteiger partial charge on any atom is 0.416 e. The van der Waals surface area contributed by atoms with Gasteiger partial charge in [0.25, 0.3) is 0 Å². The molecule has 1 aliphatic heterocycles. The molecule has 1 aliphatic rings. The molecule has 110 valence electrons. The normalized spacial score (nSPS) is 23.4. The first-order valence-electron chi connectivity index (χ1n) is 6.56. The maximum atomic E-state index is 12.8. The Morgan fingerprint density at radius 2 is 2.10 bits per heavy atom. The van der Waals surface area contributed by atoms with E-state index in [4.69, 9.17) is 5.73 Å². The molecule has 2 N–H and O–H groups in total. The van der Waals surface area contributed by atoms with Crippen LogP contribution >= 0.6 is 0 Å². The zero-order valence-corrected chi connectivity index (χ0v) is 11.2. The molecule has 2 rings (SSSR count). The highest BCUT2D eigenvalue weighted by Crippen LogP contribution is 2.36. The summed E-state index contributed by atoms with van der Waals surface area (Å²) in [7, 11) is 0. The zero-order valence-electron chi connectivity index (χ0n) is 11.2. The first-order valence-corrected chi connectivity index (χ1v) is 6.56. The van der Waals surface area contributed by atoms with Gasteiger partial charge in [-0.3, -0.25) is 4.79 Å². The van der Waals surface area contributed by atoms with Gasteiger partial charge in [0.15, 0.2) is 0 Å². The molecule has 1 aromatic carbocycles. The average Bonchev–Trinajstić information content (AvgIpc) is 2.64. The van der Waals surface area contributed by atoms with Crippen LogP contribution in [0.1, 0.15) is 36.9 Å². The SMILES string of the molecule is CCCN1C(=O)CC(N)C1c1cccc(C(F)(F)F)c1. The van der Waals surface area contributed by atoms with E-state index in [0.717, 1.165) is 18.6 Å². The van der Waals surface area contributed by atoms with Crippen molar-refractivity contribution in [2.45, 2.75) is 38.0 Å². The quantitative estimate of drug-likeness (QED) is 0.928. The molecule has 0 bridgehead atoms. The Labute approximate surface area is 115 Å². The lowest BCUT2D eigenvalue weighted by molar-refractivity contribution is -0.137. The van der Waals surface area contributed by atoms with Gasteiger partial charge in [0, 0.05) is 19.0 Å². The number of hydrogen-bond donors (Lipinski definition) is 1. The third kappa shape index (κ3) is 2.80. The van der Waals surface area contributed by atoms with Gasteiger partial charge in [0.1, 0.15) is 0 Å². The van der Waals surface area contributed by atoms with Crippen molar-refractivity contribution < 1.29 is 18.0 Å². The average molecular weight is 286 g/mol. The van der Waals surface area contributed by atoms with E-state index in [1.54, 1.807) is 11.0 Å². The number of carbonyl (C=O) groups excluding carboxylic acids is 1. The van der Waals surface area contributed by atoms with Crippen LogP contribution in [0, 0.1) is 0 Å². The second-order valence-corrected chi connectivity index (χ2v) is 5.02. The van der Waals surface area contributed by atoms with Gasteiger partial charge in [-0.1, -0.05) is 19.1 Å². The summed E-state index contributed by atoms with van der Waals surface area (Å²) >= 11 is 0. The molecule has 1 amide bonds. The summed E-state index contributed by atoms with van der Waals surface area (Å²) in [6.07, 6.45) is -3.47. The van der Waals surface area contributed by atoms with Crippen LogP contribution in [0.5, 0.6) is 0 Å². The highest BCUT2D eigenvalue weighted by Gasteiger charge is 2.39. The lowest BCUT2D eigenvalue weighted by Crippen LogP contribution is -2.33. The minimum absolute atomic E-state index is 0.0956. The number of amides is 1. The van der Waals surface area contributed by atoms with E-state index in [-0.39, 0.29) is 12.3 Å². The fraction of sp³-hybridized carbons (Fsp3) is 0.500. The summed E-state index contributed by atoms with van der Waals surface area (Å²) in [6, 6.07) is 4.14. The predicted octanol–water partition coefficient (Wildman–Crippen LogP) is 2.72. The molecule has 0 aromatic heterocycles. The van der Waals surface area contributed by atoms with Crippen molar-refractivity contribution in [2.24, 2.45) is 5.73 Å². The fourth-order valence-electron chi connectivity index (χ4n) is 2.65. The van der Waals surface area contributed by atoms with E-state index in [9.17, 15) is 18.0 Å². The van der Waals surface area contributed by atoms with Crippen molar-refractivity contribution in [3.8, 4) is 0 Å². The van der Waals surface area contributed by atoms with Crippen LogP contribution in [0.3, 0.4) is 0 Å². The largest absolute Gasteiger partial charge is 0.416 e. The van der Waals surface area contributed by atoms with E-state index in [2.05, 4.69) is 0 Å². The van der Waals surface area contributed by atoms with Crippen LogP contribution in [-0.2, 0) is 11.0 Å². The van der Waals surface area contributed by atoms with Crippen LogP contribution in [0.15, 0.2) is 24.3 Å². The third-order valence-corrected chi connectivity index (χ3v) is 3.49. The molecular weight excluding hydrogens is 269 g/mol. The van der Waals surface area contributed by atoms with Crippen molar-refractivity contribution in [2.75, 3.05) is 6.54 Å². The summed E-state index contributed by atoms with van der Waals surface area (Å²) < 4.78 is 38.3. The highest BCUT2D eigenvalue weighted by molar-refractivity contribution is 5.80. The van der Waals surface area contributed by atoms with Gasteiger partial charge in [-0.2, -0.15) is 13.2 Å². The Balaban J connectivity index is 2.36. The molecule has 6 heteroatoms. The second-order valence-electron chi connectivity index (χ2n) is 5.02. The molecule has 0 saturated carbocycles. The summed E-state index contributed by atoms with van der Waals surface area (Å²) in [4.78, 5) is 13.4. The van der Waals surface area contributed by atoms with Gasteiger partial charge < -0.3 is 10.6 Å². The molecule has 0 aliphatic carbocycles. The van der Waals surface area contributed by atoms with E-state index in [1.807, 2.05) is 6.92 Å². The molecule has 1 fully saturated rings. The molecule has 2 unspecified atom stereocenters. The second kappa shape index (κ2) is 5.44. The molecule has 1 aromatic rings. The van der Waals surface area contributed by atoms with Gasteiger partial charge >= 0.3 is 6.18 Å².